The van der Waals surface area contributed by atoms with E-state index < -0.39 is 0 Å². The topological polar surface area (TPSA) is 38.3 Å². The number of methoxy groups -OCH3 is 1. The fourth-order valence-electron chi connectivity index (χ4n) is 4.97. The second kappa shape index (κ2) is 6.48. The van der Waals surface area contributed by atoms with Gasteiger partial charge in [0.1, 0.15) is 11.5 Å². The molecule has 3 nitrogen and oxygen atoms in total. The Bertz CT molecular complexity index is 1140. The van der Waals surface area contributed by atoms with Crippen LogP contribution < -0.4 is 10.1 Å². The molecule has 0 spiro atoms. The summed E-state index contributed by atoms with van der Waals surface area (Å²) in [5.41, 5.74) is 4.35. The van der Waals surface area contributed by atoms with Crippen LogP contribution in [0, 0.1) is 11.3 Å². The van der Waals surface area contributed by atoms with Crippen LogP contribution in [0.15, 0.2) is 72.4 Å². The van der Waals surface area contributed by atoms with E-state index in [0.29, 0.717) is 12.2 Å². The van der Waals surface area contributed by atoms with Gasteiger partial charge in [0.2, 0.25) is 0 Å². The van der Waals surface area contributed by atoms with Crippen molar-refractivity contribution in [2.75, 3.05) is 12.4 Å². The van der Waals surface area contributed by atoms with Gasteiger partial charge in [-0.1, -0.05) is 68.5 Å². The van der Waals surface area contributed by atoms with Crippen molar-refractivity contribution in [3.05, 3.63) is 83.6 Å². The third-order valence-electron chi connectivity index (χ3n) is 6.23. The van der Waals surface area contributed by atoms with Crippen molar-refractivity contribution in [3.63, 3.8) is 0 Å². The summed E-state index contributed by atoms with van der Waals surface area (Å²) in [5.74, 6) is 0.953. The summed E-state index contributed by atoms with van der Waals surface area (Å²) in [6, 6.07) is 20.9. The maximum absolute atomic E-state index is 13.3. The molecule has 1 aliphatic carbocycles. The normalized spacial score (nSPS) is 22.3. The van der Waals surface area contributed by atoms with Crippen molar-refractivity contribution < 1.29 is 9.53 Å². The summed E-state index contributed by atoms with van der Waals surface area (Å²) in [5, 5.41) is 6.06. The largest absolute Gasteiger partial charge is 0.497 e. The summed E-state index contributed by atoms with van der Waals surface area (Å²) in [7, 11) is 1.68. The molecular formula is C26H25NO2. The molecule has 5 rings (SSSR count). The molecule has 2 atom stereocenters. The summed E-state index contributed by atoms with van der Waals surface area (Å²) >= 11 is 0. The van der Waals surface area contributed by atoms with Crippen molar-refractivity contribution >= 4 is 22.2 Å². The second-order valence-electron chi connectivity index (χ2n) is 8.84. The Kier molecular flexibility index (Phi) is 4.02. The molecule has 0 saturated heterocycles. The first kappa shape index (κ1) is 18.0. The predicted octanol–water partition coefficient (Wildman–Crippen LogP) is 5.90. The number of Topliss-reactive ketones (excluding diaryl/α,β-unsaturated/α-hetero) is 1. The lowest BCUT2D eigenvalue weighted by Crippen LogP contribution is -2.39. The molecule has 1 aliphatic heterocycles. The Morgan fingerprint density at radius 2 is 1.72 bits per heavy atom. The minimum Gasteiger partial charge on any atom is -0.497 e. The SMILES string of the molecule is COc1ccc([C@H]2c3ccc4ccccc4c3NC3=CC(C)(C)CC(=O)[C@@H]32)cc1. The number of fused-ring (bicyclic) bond motifs is 4. The molecule has 0 unspecified atom stereocenters. The van der Waals surface area contributed by atoms with Crippen molar-refractivity contribution in [2.45, 2.75) is 26.2 Å². The monoisotopic (exact) mass is 383 g/mol. The lowest BCUT2D eigenvalue weighted by molar-refractivity contribution is -0.124. The number of carbonyl (C=O) groups is 1. The zero-order chi connectivity index (χ0) is 20.2. The van der Waals surface area contributed by atoms with E-state index in [1.807, 2.05) is 12.1 Å². The number of carbonyl (C=O) groups excluding carboxylic acids is 1. The van der Waals surface area contributed by atoms with Crippen LogP contribution in [0.1, 0.15) is 37.3 Å². The number of rotatable bonds is 2. The van der Waals surface area contributed by atoms with Crippen LogP contribution >= 0.6 is 0 Å². The van der Waals surface area contributed by atoms with E-state index in [4.69, 9.17) is 4.74 Å². The molecule has 146 valence electrons. The molecule has 0 aromatic heterocycles. The number of hydrogen-bond donors (Lipinski definition) is 1. The molecule has 0 bridgehead atoms. The molecule has 29 heavy (non-hydrogen) atoms. The number of anilines is 1. The molecule has 3 heteroatoms. The standard InChI is InChI=1S/C26H25NO2/c1-26(2)14-21-24(22(28)15-26)23(17-8-11-18(29-3)12-9-17)20-13-10-16-6-4-5-7-19(16)25(20)27-21/h4-14,23-24,27H,15H2,1-3H3/t23-,24+/m0/s1. The smallest absolute Gasteiger partial charge is 0.143 e. The molecule has 1 N–H and O–H groups in total. The highest BCUT2D eigenvalue weighted by atomic mass is 16.5. The first-order valence-electron chi connectivity index (χ1n) is 10.1. The van der Waals surface area contributed by atoms with E-state index in [1.165, 1.54) is 16.3 Å². The molecule has 0 saturated carbocycles. The van der Waals surface area contributed by atoms with Crippen LogP contribution in [0.2, 0.25) is 0 Å². The molecule has 0 radical (unpaired) electrons. The lowest BCUT2D eigenvalue weighted by atomic mass is 9.66. The number of ether oxygens (including phenoxy) is 1. The van der Waals surface area contributed by atoms with Crippen molar-refractivity contribution in [1.29, 1.82) is 0 Å². The maximum atomic E-state index is 13.3. The van der Waals surface area contributed by atoms with Gasteiger partial charge >= 0.3 is 0 Å². The molecule has 0 fully saturated rings. The lowest BCUT2D eigenvalue weighted by Gasteiger charge is -2.42. The van der Waals surface area contributed by atoms with Gasteiger partial charge < -0.3 is 10.1 Å². The number of allylic oxidation sites excluding steroid dienone is 2. The quantitative estimate of drug-likeness (QED) is 0.598. The van der Waals surface area contributed by atoms with Crippen molar-refractivity contribution in [2.24, 2.45) is 11.3 Å². The van der Waals surface area contributed by atoms with Gasteiger partial charge in [0.05, 0.1) is 18.7 Å². The fraction of sp³-hybridized carbons (Fsp3) is 0.269. The number of hydrogen-bond acceptors (Lipinski definition) is 3. The summed E-state index contributed by atoms with van der Waals surface area (Å²) < 4.78 is 5.35. The Hall–Kier alpha value is -3.07. The number of benzene rings is 3. The van der Waals surface area contributed by atoms with Gasteiger partial charge in [0.25, 0.3) is 0 Å². The highest BCUT2D eigenvalue weighted by molar-refractivity contribution is 6.00. The number of ketones is 1. The molecular weight excluding hydrogens is 358 g/mol. The molecule has 1 heterocycles. The fourth-order valence-corrected chi connectivity index (χ4v) is 4.97. The van der Waals surface area contributed by atoms with Crippen LogP contribution in [0.3, 0.4) is 0 Å². The highest BCUT2D eigenvalue weighted by Gasteiger charge is 2.43. The van der Waals surface area contributed by atoms with Gasteiger partial charge in [0.15, 0.2) is 0 Å². The van der Waals surface area contributed by atoms with Gasteiger partial charge in [-0.3, -0.25) is 4.79 Å². The zero-order valence-corrected chi connectivity index (χ0v) is 17.0. The van der Waals surface area contributed by atoms with Gasteiger partial charge in [-0.2, -0.15) is 0 Å². The Balaban J connectivity index is 1.77. The van der Waals surface area contributed by atoms with E-state index in [1.54, 1.807) is 7.11 Å². The van der Waals surface area contributed by atoms with Gasteiger partial charge in [0, 0.05) is 23.4 Å². The van der Waals surface area contributed by atoms with E-state index in [9.17, 15) is 4.79 Å². The summed E-state index contributed by atoms with van der Waals surface area (Å²) in [6.07, 6.45) is 2.83. The molecule has 3 aromatic carbocycles. The minimum absolute atomic E-state index is 0.00314. The first-order valence-corrected chi connectivity index (χ1v) is 10.1. The second-order valence-corrected chi connectivity index (χ2v) is 8.84. The van der Waals surface area contributed by atoms with E-state index in [2.05, 4.69) is 73.8 Å². The minimum atomic E-state index is -0.176. The van der Waals surface area contributed by atoms with E-state index in [-0.39, 0.29) is 17.3 Å². The molecule has 0 amide bonds. The van der Waals surface area contributed by atoms with E-state index in [0.717, 1.165) is 22.7 Å². The van der Waals surface area contributed by atoms with Crippen molar-refractivity contribution in [3.8, 4) is 5.75 Å². The highest BCUT2D eigenvalue weighted by Crippen LogP contribution is 2.51. The van der Waals surface area contributed by atoms with E-state index >= 15 is 0 Å². The van der Waals surface area contributed by atoms with Crippen LogP contribution in [0.5, 0.6) is 5.75 Å². The van der Waals surface area contributed by atoms with Crippen molar-refractivity contribution in [1.82, 2.24) is 0 Å². The average molecular weight is 383 g/mol. The maximum Gasteiger partial charge on any atom is 0.143 e. The summed E-state index contributed by atoms with van der Waals surface area (Å²) in [6.45, 7) is 4.27. The van der Waals surface area contributed by atoms with Crippen LogP contribution in [0.4, 0.5) is 5.69 Å². The zero-order valence-electron chi connectivity index (χ0n) is 17.0. The molecule has 3 aromatic rings. The van der Waals surface area contributed by atoms with Crippen LogP contribution in [-0.2, 0) is 4.79 Å². The van der Waals surface area contributed by atoms with Gasteiger partial charge in [-0.05, 0) is 34.1 Å². The van der Waals surface area contributed by atoms with Crippen LogP contribution in [-0.4, -0.2) is 12.9 Å². The van der Waals surface area contributed by atoms with Crippen LogP contribution in [0.25, 0.3) is 10.8 Å². The third kappa shape index (κ3) is 2.93. The first-order chi connectivity index (χ1) is 14.0. The molecule has 2 aliphatic rings. The summed E-state index contributed by atoms with van der Waals surface area (Å²) in [4.78, 5) is 13.3. The van der Waals surface area contributed by atoms with Gasteiger partial charge in [-0.25, -0.2) is 0 Å². The number of nitrogens with one attached hydrogen (secondary N) is 1. The third-order valence-corrected chi connectivity index (χ3v) is 6.23. The van der Waals surface area contributed by atoms with Gasteiger partial charge in [-0.15, -0.1) is 0 Å². The Labute approximate surface area is 171 Å². The Morgan fingerprint density at radius 3 is 2.48 bits per heavy atom. The predicted molar refractivity (Wildman–Crippen MR) is 117 cm³/mol. The Morgan fingerprint density at radius 1 is 0.966 bits per heavy atom. The average Bonchev–Trinajstić information content (AvgIpc) is 2.71.